The Bertz CT molecular complexity index is 676. The van der Waals surface area contributed by atoms with Crippen LogP contribution in [0.4, 0.5) is 0 Å². The predicted molar refractivity (Wildman–Crippen MR) is 99.6 cm³/mol. The Balaban J connectivity index is 2.07. The second-order valence-corrected chi connectivity index (χ2v) is 5.66. The minimum absolute atomic E-state index is 0.280. The average Bonchev–Trinajstić information content (AvgIpc) is 2.65. The van der Waals surface area contributed by atoms with Gasteiger partial charge in [-0.15, -0.1) is 0 Å². The zero-order valence-electron chi connectivity index (χ0n) is 15.0. The van der Waals surface area contributed by atoms with E-state index in [9.17, 15) is 5.11 Å². The molecular weight excluding hydrogens is 316 g/mol. The summed E-state index contributed by atoms with van der Waals surface area (Å²) in [5, 5.41) is 13.5. The molecule has 0 bridgehead atoms. The molecule has 2 rings (SSSR count). The van der Waals surface area contributed by atoms with Crippen molar-refractivity contribution in [2.45, 2.75) is 19.6 Å². The van der Waals surface area contributed by atoms with Crippen LogP contribution < -0.4 is 10.1 Å². The second kappa shape index (κ2) is 9.64. The molecule has 6 nitrogen and oxygen atoms in total. The van der Waals surface area contributed by atoms with Crippen molar-refractivity contribution in [2.24, 2.45) is 4.99 Å². The molecular formula is C19H26N4O2. The topological polar surface area (TPSA) is 70.0 Å². The number of methoxy groups -OCH3 is 1. The molecule has 1 unspecified atom stereocenters. The molecule has 25 heavy (non-hydrogen) atoms. The standard InChI is InChI=1S/C19H26N4O2/c1-4-21-19(22-13-17(24)15-9-11-20-12-10-15)23(2)14-16-7-5-6-8-18(16)25-3/h5-12,17,24H,4,13-14H2,1-3H3,(H,21,22). The summed E-state index contributed by atoms with van der Waals surface area (Å²) in [5.41, 5.74) is 1.88. The lowest BCUT2D eigenvalue weighted by Crippen LogP contribution is -2.38. The second-order valence-electron chi connectivity index (χ2n) is 5.66. The van der Waals surface area contributed by atoms with Gasteiger partial charge in [-0.25, -0.2) is 0 Å². The number of benzene rings is 1. The van der Waals surface area contributed by atoms with Crippen LogP contribution in [-0.2, 0) is 6.54 Å². The van der Waals surface area contributed by atoms with Crippen LogP contribution in [0.25, 0.3) is 0 Å². The van der Waals surface area contributed by atoms with Crippen molar-refractivity contribution in [2.75, 3.05) is 27.2 Å². The third kappa shape index (κ3) is 5.46. The third-order valence-corrected chi connectivity index (χ3v) is 3.80. The highest BCUT2D eigenvalue weighted by molar-refractivity contribution is 5.79. The summed E-state index contributed by atoms with van der Waals surface area (Å²) in [6.45, 7) is 3.70. The summed E-state index contributed by atoms with van der Waals surface area (Å²) in [4.78, 5) is 10.5. The molecule has 0 saturated carbocycles. The summed E-state index contributed by atoms with van der Waals surface area (Å²) >= 11 is 0. The first kappa shape index (κ1) is 18.7. The van der Waals surface area contributed by atoms with Gasteiger partial charge in [0.15, 0.2) is 5.96 Å². The van der Waals surface area contributed by atoms with Gasteiger partial charge in [-0.2, -0.15) is 0 Å². The minimum atomic E-state index is -0.656. The van der Waals surface area contributed by atoms with Crippen LogP contribution in [0.3, 0.4) is 0 Å². The summed E-state index contributed by atoms with van der Waals surface area (Å²) in [6, 6.07) is 11.5. The van der Waals surface area contributed by atoms with Gasteiger partial charge in [-0.3, -0.25) is 9.98 Å². The lowest BCUT2D eigenvalue weighted by molar-refractivity contribution is 0.186. The number of nitrogens with zero attached hydrogens (tertiary/aromatic N) is 3. The fourth-order valence-corrected chi connectivity index (χ4v) is 2.50. The first-order valence-corrected chi connectivity index (χ1v) is 8.35. The maximum Gasteiger partial charge on any atom is 0.194 e. The number of aliphatic imine (C=N–C) groups is 1. The number of aromatic nitrogens is 1. The van der Waals surface area contributed by atoms with E-state index in [-0.39, 0.29) is 6.54 Å². The van der Waals surface area contributed by atoms with Gasteiger partial charge in [-0.05, 0) is 30.7 Å². The highest BCUT2D eigenvalue weighted by Gasteiger charge is 2.12. The van der Waals surface area contributed by atoms with Crippen LogP contribution in [0.1, 0.15) is 24.2 Å². The van der Waals surface area contributed by atoms with E-state index in [4.69, 9.17) is 4.74 Å². The average molecular weight is 342 g/mol. The maximum absolute atomic E-state index is 10.3. The SMILES string of the molecule is CCNC(=NCC(O)c1ccncc1)N(C)Cc1ccccc1OC. The van der Waals surface area contributed by atoms with Crippen LogP contribution >= 0.6 is 0 Å². The van der Waals surface area contributed by atoms with Crippen LogP contribution in [0.15, 0.2) is 53.8 Å². The molecule has 1 atom stereocenters. The molecule has 0 aliphatic rings. The number of aliphatic hydroxyl groups is 1. The Hall–Kier alpha value is -2.60. The molecule has 0 spiro atoms. The first-order chi connectivity index (χ1) is 12.2. The number of rotatable bonds is 7. The highest BCUT2D eigenvalue weighted by Crippen LogP contribution is 2.19. The monoisotopic (exact) mass is 342 g/mol. The van der Waals surface area contributed by atoms with E-state index >= 15 is 0 Å². The van der Waals surface area contributed by atoms with Crippen LogP contribution in [0.5, 0.6) is 5.75 Å². The zero-order chi connectivity index (χ0) is 18.1. The molecule has 134 valence electrons. The Labute approximate surface area is 149 Å². The minimum Gasteiger partial charge on any atom is -0.496 e. The smallest absolute Gasteiger partial charge is 0.194 e. The maximum atomic E-state index is 10.3. The number of nitrogens with one attached hydrogen (secondary N) is 1. The van der Waals surface area contributed by atoms with E-state index in [0.717, 1.165) is 29.4 Å². The fraction of sp³-hybridized carbons (Fsp3) is 0.368. The van der Waals surface area contributed by atoms with Crippen LogP contribution in [0, 0.1) is 0 Å². The lowest BCUT2D eigenvalue weighted by atomic mass is 10.1. The number of ether oxygens (including phenoxy) is 1. The Kier molecular flexibility index (Phi) is 7.22. The van der Waals surface area contributed by atoms with Gasteiger partial charge < -0.3 is 20.1 Å². The van der Waals surface area contributed by atoms with Crippen molar-refractivity contribution < 1.29 is 9.84 Å². The van der Waals surface area contributed by atoms with E-state index < -0.39 is 6.10 Å². The molecule has 2 aromatic rings. The molecule has 2 N–H and O–H groups in total. The molecule has 0 fully saturated rings. The summed E-state index contributed by atoms with van der Waals surface area (Å²) in [7, 11) is 3.63. The quantitative estimate of drug-likeness (QED) is 0.596. The number of hydrogen-bond donors (Lipinski definition) is 2. The van der Waals surface area contributed by atoms with Crippen molar-refractivity contribution in [3.05, 3.63) is 59.9 Å². The van der Waals surface area contributed by atoms with Crippen molar-refractivity contribution in [1.29, 1.82) is 0 Å². The first-order valence-electron chi connectivity index (χ1n) is 8.35. The van der Waals surface area contributed by atoms with Gasteiger partial charge in [0.1, 0.15) is 5.75 Å². The highest BCUT2D eigenvalue weighted by atomic mass is 16.5. The van der Waals surface area contributed by atoms with Crippen molar-refractivity contribution in [3.8, 4) is 5.75 Å². The van der Waals surface area contributed by atoms with Crippen molar-refractivity contribution >= 4 is 5.96 Å². The number of hydrogen-bond acceptors (Lipinski definition) is 4. The van der Waals surface area contributed by atoms with Gasteiger partial charge in [0.05, 0.1) is 19.8 Å². The number of para-hydroxylation sites is 1. The molecule has 1 aromatic carbocycles. The van der Waals surface area contributed by atoms with Crippen molar-refractivity contribution in [1.82, 2.24) is 15.2 Å². The van der Waals surface area contributed by atoms with Gasteiger partial charge >= 0.3 is 0 Å². The Morgan fingerprint density at radius 3 is 2.68 bits per heavy atom. The van der Waals surface area contributed by atoms with Crippen molar-refractivity contribution in [3.63, 3.8) is 0 Å². The molecule has 6 heteroatoms. The molecule has 1 heterocycles. The molecule has 0 aliphatic heterocycles. The fourth-order valence-electron chi connectivity index (χ4n) is 2.50. The summed E-state index contributed by atoms with van der Waals surface area (Å²) < 4.78 is 5.41. The number of pyridine rings is 1. The van der Waals surface area contributed by atoms with E-state index in [1.54, 1.807) is 31.6 Å². The number of guanidine groups is 1. The van der Waals surface area contributed by atoms with E-state index in [1.807, 2.05) is 43.1 Å². The lowest BCUT2D eigenvalue weighted by Gasteiger charge is -2.23. The molecule has 0 saturated heterocycles. The third-order valence-electron chi connectivity index (χ3n) is 3.80. The van der Waals surface area contributed by atoms with E-state index in [0.29, 0.717) is 6.54 Å². The molecule has 0 radical (unpaired) electrons. The summed E-state index contributed by atoms with van der Waals surface area (Å²) in [5.74, 6) is 1.59. The number of aliphatic hydroxyl groups excluding tert-OH is 1. The van der Waals surface area contributed by atoms with E-state index in [1.165, 1.54) is 0 Å². The van der Waals surface area contributed by atoms with Gasteiger partial charge in [-0.1, -0.05) is 18.2 Å². The van der Waals surface area contributed by atoms with Gasteiger partial charge in [0, 0.05) is 38.1 Å². The van der Waals surface area contributed by atoms with E-state index in [2.05, 4.69) is 15.3 Å². The van der Waals surface area contributed by atoms with Gasteiger partial charge in [0.2, 0.25) is 0 Å². The van der Waals surface area contributed by atoms with Crippen LogP contribution in [0.2, 0.25) is 0 Å². The Morgan fingerprint density at radius 1 is 1.28 bits per heavy atom. The molecule has 0 aliphatic carbocycles. The molecule has 1 aromatic heterocycles. The Morgan fingerprint density at radius 2 is 2.00 bits per heavy atom. The summed E-state index contributed by atoms with van der Waals surface area (Å²) in [6.07, 6.45) is 2.68. The molecule has 0 amide bonds. The van der Waals surface area contributed by atoms with Gasteiger partial charge in [0.25, 0.3) is 0 Å². The van der Waals surface area contributed by atoms with Crippen LogP contribution in [-0.4, -0.2) is 48.2 Å². The normalized spacial score (nSPS) is 12.6. The largest absolute Gasteiger partial charge is 0.496 e. The predicted octanol–water partition coefficient (Wildman–Crippen LogP) is 2.22. The zero-order valence-corrected chi connectivity index (χ0v) is 15.0.